The van der Waals surface area contributed by atoms with E-state index in [9.17, 15) is 9.90 Å². The van der Waals surface area contributed by atoms with E-state index in [0.717, 1.165) is 31.5 Å². The Kier molecular flexibility index (Phi) is 6.48. The van der Waals surface area contributed by atoms with E-state index < -0.39 is 6.10 Å². The summed E-state index contributed by atoms with van der Waals surface area (Å²) in [6, 6.07) is 18.4. The molecule has 1 atom stereocenters. The van der Waals surface area contributed by atoms with Gasteiger partial charge in [0.15, 0.2) is 0 Å². The van der Waals surface area contributed by atoms with Gasteiger partial charge in [0, 0.05) is 28.2 Å². The fourth-order valence-corrected chi connectivity index (χ4v) is 4.99. The lowest BCUT2D eigenvalue weighted by atomic mass is 10.0. The Morgan fingerprint density at radius 2 is 1.90 bits per heavy atom. The number of aliphatic hydroxyl groups is 1. The minimum atomic E-state index is -0.908. The smallest absolute Gasteiger partial charge is 0.255 e. The van der Waals surface area contributed by atoms with Crippen molar-refractivity contribution in [2.75, 3.05) is 12.4 Å². The van der Waals surface area contributed by atoms with Crippen molar-refractivity contribution in [1.29, 1.82) is 0 Å². The number of halogens is 1. The molecule has 2 heterocycles. The number of carbonyl (C=O) groups excluding carboxylic acids is 1. The molecule has 0 bridgehead atoms. The van der Waals surface area contributed by atoms with Crippen LogP contribution in [0.1, 0.15) is 38.2 Å². The van der Waals surface area contributed by atoms with Gasteiger partial charge in [-0.1, -0.05) is 46.3 Å². The van der Waals surface area contributed by atoms with Crippen molar-refractivity contribution in [3.05, 3.63) is 92.4 Å². The Balaban J connectivity index is 1.87. The van der Waals surface area contributed by atoms with Gasteiger partial charge in [0.05, 0.1) is 17.2 Å². The van der Waals surface area contributed by atoms with Gasteiger partial charge >= 0.3 is 0 Å². The summed E-state index contributed by atoms with van der Waals surface area (Å²) >= 11 is 4.81. The maximum atomic E-state index is 13.0. The lowest BCUT2D eigenvalue weighted by Crippen LogP contribution is -2.14. The van der Waals surface area contributed by atoms with Gasteiger partial charge < -0.3 is 15.2 Å². The van der Waals surface area contributed by atoms with E-state index in [1.54, 1.807) is 19.2 Å². The second-order valence-corrected chi connectivity index (χ2v) is 9.10. The van der Waals surface area contributed by atoms with Crippen LogP contribution in [0.4, 0.5) is 5.69 Å². The third-order valence-corrected chi connectivity index (χ3v) is 6.57. The van der Waals surface area contributed by atoms with E-state index in [1.807, 2.05) is 55.5 Å². The van der Waals surface area contributed by atoms with Crippen molar-refractivity contribution in [2.24, 2.45) is 0 Å². The molecule has 4 aromatic rings. The molecule has 0 saturated carbocycles. The number of anilines is 1. The van der Waals surface area contributed by atoms with E-state index in [4.69, 9.17) is 4.74 Å². The van der Waals surface area contributed by atoms with Gasteiger partial charge in [-0.2, -0.15) is 0 Å². The van der Waals surface area contributed by atoms with E-state index in [1.165, 1.54) is 11.3 Å². The maximum absolute atomic E-state index is 13.0. The monoisotopic (exact) mass is 496 g/mol. The number of ether oxygens (including phenoxy) is 1. The summed E-state index contributed by atoms with van der Waals surface area (Å²) in [7, 11) is 1.63. The summed E-state index contributed by atoms with van der Waals surface area (Å²) in [5, 5.41) is 15.1. The molecule has 0 aliphatic carbocycles. The van der Waals surface area contributed by atoms with Crippen LogP contribution in [0.3, 0.4) is 0 Å². The summed E-state index contributed by atoms with van der Waals surface area (Å²) in [6.45, 7) is 2.30. The second kappa shape index (κ2) is 9.28. The summed E-state index contributed by atoms with van der Waals surface area (Å²) < 4.78 is 6.33. The average Bonchev–Trinajstić information content (AvgIpc) is 3.12. The average molecular weight is 497 g/mol. The quantitative estimate of drug-likeness (QED) is 0.351. The van der Waals surface area contributed by atoms with E-state index in [0.29, 0.717) is 22.7 Å². The Morgan fingerprint density at radius 1 is 1.19 bits per heavy atom. The number of amides is 1. The number of carbonyl (C=O) groups is 1. The van der Waals surface area contributed by atoms with Crippen LogP contribution in [0.5, 0.6) is 0 Å². The molecule has 0 aliphatic rings. The maximum Gasteiger partial charge on any atom is 0.255 e. The molecule has 2 aromatic heterocycles. The number of nitrogens with zero attached hydrogens (tertiary/aromatic N) is 1. The largest absolute Gasteiger partial charge is 0.383 e. The number of rotatable bonds is 6. The number of aliphatic hydroxyl groups excluding tert-OH is 1. The third-order valence-electron chi connectivity index (χ3n) is 4.91. The van der Waals surface area contributed by atoms with E-state index in [-0.39, 0.29) is 5.91 Å². The minimum Gasteiger partial charge on any atom is -0.383 e. The van der Waals surface area contributed by atoms with Crippen LogP contribution in [-0.4, -0.2) is 23.1 Å². The minimum absolute atomic E-state index is 0.242. The second-order valence-electron chi connectivity index (χ2n) is 7.15. The molecule has 0 aliphatic heterocycles. The molecule has 0 unspecified atom stereocenters. The molecule has 1 amide bonds. The number of aromatic nitrogens is 1. The Bertz CT molecular complexity index is 1220. The molecular weight excluding hydrogens is 476 g/mol. The lowest BCUT2D eigenvalue weighted by Gasteiger charge is -2.14. The molecule has 4 rings (SSSR count). The molecule has 2 aromatic carbocycles. The van der Waals surface area contributed by atoms with Crippen molar-refractivity contribution in [1.82, 2.24) is 4.98 Å². The van der Waals surface area contributed by atoms with Crippen molar-refractivity contribution in [3.63, 3.8) is 0 Å². The van der Waals surface area contributed by atoms with Crippen LogP contribution in [-0.2, 0) is 11.3 Å². The first kappa shape index (κ1) is 21.6. The molecule has 0 spiro atoms. The number of methoxy groups -OCH3 is 1. The zero-order valence-electron chi connectivity index (χ0n) is 17.1. The van der Waals surface area contributed by atoms with Crippen molar-refractivity contribution >= 4 is 49.1 Å². The Labute approximate surface area is 192 Å². The topological polar surface area (TPSA) is 71.5 Å². The molecule has 31 heavy (non-hydrogen) atoms. The van der Waals surface area contributed by atoms with Crippen molar-refractivity contribution < 1.29 is 14.6 Å². The van der Waals surface area contributed by atoms with E-state index >= 15 is 0 Å². The molecule has 0 radical (unpaired) electrons. The SMILES string of the molecule is COCc1cc(C)nc2sc([C@@H](O)c3ccc(Br)cc3)c(NC(=O)c3ccccc3)c12. The Morgan fingerprint density at radius 3 is 2.58 bits per heavy atom. The van der Waals surface area contributed by atoms with Crippen molar-refractivity contribution in [3.8, 4) is 0 Å². The standard InChI is InChI=1S/C24H21BrN2O3S/c1-14-12-17(13-30-2)19-20(27-23(29)16-6-4-3-5-7-16)22(31-24(19)26-14)21(28)15-8-10-18(25)11-9-15/h3-12,21,28H,13H2,1-2H3,(H,27,29)/t21-/m0/s1. The number of aryl methyl sites for hydroxylation is 1. The highest BCUT2D eigenvalue weighted by molar-refractivity contribution is 9.10. The molecular formula is C24H21BrN2O3S. The number of hydrogen-bond acceptors (Lipinski definition) is 5. The normalized spacial score (nSPS) is 12.1. The fraction of sp³-hybridized carbons (Fsp3) is 0.167. The number of benzene rings is 2. The highest BCUT2D eigenvalue weighted by Crippen LogP contribution is 2.43. The highest BCUT2D eigenvalue weighted by atomic mass is 79.9. The first-order valence-corrected chi connectivity index (χ1v) is 11.3. The number of hydrogen-bond donors (Lipinski definition) is 2. The van der Waals surface area contributed by atoms with Gasteiger partial charge in [0.1, 0.15) is 10.9 Å². The molecule has 0 fully saturated rings. The predicted octanol–water partition coefficient (Wildman–Crippen LogP) is 5.85. The number of pyridine rings is 1. The first-order chi connectivity index (χ1) is 15.0. The molecule has 0 saturated heterocycles. The van der Waals surface area contributed by atoms with Gasteiger partial charge in [-0.05, 0) is 48.4 Å². The van der Waals surface area contributed by atoms with Gasteiger partial charge in [0.25, 0.3) is 5.91 Å². The van der Waals surface area contributed by atoms with E-state index in [2.05, 4.69) is 26.2 Å². The zero-order chi connectivity index (χ0) is 22.0. The van der Waals surface area contributed by atoms with Crippen LogP contribution < -0.4 is 5.32 Å². The number of fused-ring (bicyclic) bond motifs is 1. The van der Waals surface area contributed by atoms with Crippen LogP contribution in [0.25, 0.3) is 10.2 Å². The summed E-state index contributed by atoms with van der Waals surface area (Å²) in [6.07, 6.45) is -0.908. The highest BCUT2D eigenvalue weighted by Gasteiger charge is 2.25. The van der Waals surface area contributed by atoms with Crippen LogP contribution in [0.15, 0.2) is 65.1 Å². The number of nitrogens with one attached hydrogen (secondary N) is 1. The molecule has 158 valence electrons. The Hall–Kier alpha value is -2.58. The van der Waals surface area contributed by atoms with Gasteiger partial charge in [-0.25, -0.2) is 4.98 Å². The molecule has 5 nitrogen and oxygen atoms in total. The molecule has 2 N–H and O–H groups in total. The number of thiophene rings is 1. The first-order valence-electron chi connectivity index (χ1n) is 9.69. The zero-order valence-corrected chi connectivity index (χ0v) is 19.5. The fourth-order valence-electron chi connectivity index (χ4n) is 3.49. The van der Waals surface area contributed by atoms with Crippen LogP contribution >= 0.6 is 27.3 Å². The lowest BCUT2D eigenvalue weighted by molar-refractivity contribution is 0.102. The summed E-state index contributed by atoms with van der Waals surface area (Å²) in [4.78, 5) is 19.1. The summed E-state index contributed by atoms with van der Waals surface area (Å²) in [5.74, 6) is -0.242. The summed E-state index contributed by atoms with van der Waals surface area (Å²) in [5.41, 5.74) is 3.61. The molecule has 7 heteroatoms. The predicted molar refractivity (Wildman–Crippen MR) is 128 cm³/mol. The third kappa shape index (κ3) is 4.55. The van der Waals surface area contributed by atoms with Gasteiger partial charge in [0.2, 0.25) is 0 Å². The van der Waals surface area contributed by atoms with Crippen molar-refractivity contribution in [2.45, 2.75) is 19.6 Å². The van der Waals surface area contributed by atoms with Gasteiger partial charge in [-0.3, -0.25) is 4.79 Å². The van der Waals surface area contributed by atoms with Gasteiger partial charge in [-0.15, -0.1) is 11.3 Å². The van der Waals surface area contributed by atoms with Crippen LogP contribution in [0, 0.1) is 6.92 Å². The van der Waals surface area contributed by atoms with Crippen LogP contribution in [0.2, 0.25) is 0 Å².